The number of fused-ring (bicyclic) bond motifs is 1. The van der Waals surface area contributed by atoms with Crippen LogP contribution in [-0.2, 0) is 12.8 Å². The second-order valence-electron chi connectivity index (χ2n) is 5.90. The van der Waals surface area contributed by atoms with Gasteiger partial charge in [-0.25, -0.2) is 0 Å². The molecule has 3 nitrogen and oxygen atoms in total. The molecule has 3 heteroatoms. The summed E-state index contributed by atoms with van der Waals surface area (Å²) in [5.41, 5.74) is 11.6. The van der Waals surface area contributed by atoms with Crippen LogP contribution in [0.4, 0.5) is 5.69 Å². The van der Waals surface area contributed by atoms with Crippen LogP contribution >= 0.6 is 0 Å². The first kappa shape index (κ1) is 12.3. The number of nitrogens with zero attached hydrogens (tertiary/aromatic N) is 1. The lowest BCUT2D eigenvalue weighted by Gasteiger charge is -2.25. The van der Waals surface area contributed by atoms with Gasteiger partial charge in [-0.3, -0.25) is 5.10 Å². The lowest BCUT2D eigenvalue weighted by atomic mass is 9.79. The summed E-state index contributed by atoms with van der Waals surface area (Å²) in [4.78, 5) is 0. The number of hydrogen-bond donors (Lipinski definition) is 2. The maximum Gasteiger partial charge on any atom is 0.0956 e. The fourth-order valence-electron chi connectivity index (χ4n) is 3.02. The quantitative estimate of drug-likeness (QED) is 0.808. The van der Waals surface area contributed by atoms with Crippen LogP contribution in [0.5, 0.6) is 0 Å². The highest BCUT2D eigenvalue weighted by atomic mass is 15.1. The van der Waals surface area contributed by atoms with E-state index in [0.29, 0.717) is 0 Å². The summed E-state index contributed by atoms with van der Waals surface area (Å²) in [5.74, 6) is 1.50. The number of benzene rings is 1. The van der Waals surface area contributed by atoms with Crippen molar-refractivity contribution >= 4 is 5.69 Å². The van der Waals surface area contributed by atoms with Crippen LogP contribution in [0, 0.1) is 11.8 Å². The third-order valence-electron chi connectivity index (χ3n) is 4.29. The zero-order valence-corrected chi connectivity index (χ0v) is 11.6. The minimum Gasteiger partial charge on any atom is -0.399 e. The molecule has 0 fully saturated rings. The SMILES string of the molecule is CC(C)C1CCc2[nH]nc(-c3cccc(N)c3)c2C1. The monoisotopic (exact) mass is 255 g/mol. The molecule has 0 bridgehead atoms. The number of aromatic amines is 1. The fraction of sp³-hybridized carbons (Fsp3) is 0.438. The predicted molar refractivity (Wildman–Crippen MR) is 78.8 cm³/mol. The average molecular weight is 255 g/mol. The normalized spacial score (nSPS) is 18.6. The van der Waals surface area contributed by atoms with E-state index in [4.69, 9.17) is 5.73 Å². The average Bonchev–Trinajstić information content (AvgIpc) is 2.81. The molecule has 3 N–H and O–H groups in total. The number of nitrogens with one attached hydrogen (secondary N) is 1. The lowest BCUT2D eigenvalue weighted by molar-refractivity contribution is 0.342. The second-order valence-corrected chi connectivity index (χ2v) is 5.90. The maximum absolute atomic E-state index is 5.88. The van der Waals surface area contributed by atoms with E-state index in [1.165, 1.54) is 17.7 Å². The number of H-pyrrole nitrogens is 1. The topological polar surface area (TPSA) is 54.7 Å². The molecular weight excluding hydrogens is 234 g/mol. The van der Waals surface area contributed by atoms with Crippen molar-refractivity contribution in [3.8, 4) is 11.3 Å². The summed E-state index contributed by atoms with van der Waals surface area (Å²) >= 11 is 0. The largest absolute Gasteiger partial charge is 0.399 e. The standard InChI is InChI=1S/C16H21N3/c1-10(2)11-6-7-15-14(9-11)16(19-18-15)12-4-3-5-13(17)8-12/h3-5,8,10-11H,6-7,9,17H2,1-2H3,(H,18,19). The molecule has 0 amide bonds. The van der Waals surface area contributed by atoms with Crippen molar-refractivity contribution in [1.29, 1.82) is 0 Å². The molecule has 100 valence electrons. The Morgan fingerprint density at radius 2 is 2.21 bits per heavy atom. The van der Waals surface area contributed by atoms with Gasteiger partial charge >= 0.3 is 0 Å². The second kappa shape index (κ2) is 4.72. The predicted octanol–water partition coefficient (Wildman–Crippen LogP) is 3.42. The van der Waals surface area contributed by atoms with Gasteiger partial charge in [0.15, 0.2) is 0 Å². The minimum absolute atomic E-state index is 0.733. The van der Waals surface area contributed by atoms with Gasteiger partial charge in [-0.2, -0.15) is 5.10 Å². The number of rotatable bonds is 2. The van der Waals surface area contributed by atoms with E-state index in [2.05, 4.69) is 30.1 Å². The van der Waals surface area contributed by atoms with Crippen molar-refractivity contribution in [3.05, 3.63) is 35.5 Å². The van der Waals surface area contributed by atoms with E-state index in [9.17, 15) is 0 Å². The summed E-state index contributed by atoms with van der Waals surface area (Å²) in [6.45, 7) is 4.63. The summed E-state index contributed by atoms with van der Waals surface area (Å²) in [6.07, 6.45) is 3.52. The van der Waals surface area contributed by atoms with Gasteiger partial charge in [0.1, 0.15) is 0 Å². The van der Waals surface area contributed by atoms with Crippen molar-refractivity contribution in [3.63, 3.8) is 0 Å². The summed E-state index contributed by atoms with van der Waals surface area (Å²) < 4.78 is 0. The van der Waals surface area contributed by atoms with E-state index in [1.807, 2.05) is 18.2 Å². The van der Waals surface area contributed by atoms with Crippen LogP contribution in [0.2, 0.25) is 0 Å². The van der Waals surface area contributed by atoms with Gasteiger partial charge in [-0.1, -0.05) is 26.0 Å². The van der Waals surface area contributed by atoms with Crippen LogP contribution in [0.25, 0.3) is 11.3 Å². The molecule has 1 aliphatic carbocycles. The zero-order chi connectivity index (χ0) is 13.4. The number of aromatic nitrogens is 2. The Kier molecular flexibility index (Phi) is 3.05. The Labute approximate surface area is 114 Å². The molecule has 0 saturated carbocycles. The van der Waals surface area contributed by atoms with Crippen LogP contribution in [-0.4, -0.2) is 10.2 Å². The van der Waals surface area contributed by atoms with Gasteiger partial charge in [-0.05, 0) is 43.2 Å². The Hall–Kier alpha value is -1.77. The molecule has 1 aromatic carbocycles. The van der Waals surface area contributed by atoms with Crippen molar-refractivity contribution in [2.45, 2.75) is 33.1 Å². The van der Waals surface area contributed by atoms with Gasteiger partial charge in [0.05, 0.1) is 5.69 Å². The molecule has 2 aromatic rings. The molecule has 0 spiro atoms. The van der Waals surface area contributed by atoms with Crippen molar-refractivity contribution in [1.82, 2.24) is 10.2 Å². The van der Waals surface area contributed by atoms with Crippen LogP contribution in [0.3, 0.4) is 0 Å². The first-order valence-corrected chi connectivity index (χ1v) is 7.07. The van der Waals surface area contributed by atoms with Gasteiger partial charge in [0.2, 0.25) is 0 Å². The Morgan fingerprint density at radius 1 is 1.37 bits per heavy atom. The van der Waals surface area contributed by atoms with Crippen molar-refractivity contribution in [2.75, 3.05) is 5.73 Å². The Morgan fingerprint density at radius 3 is 2.95 bits per heavy atom. The molecule has 0 saturated heterocycles. The summed E-state index contributed by atoms with van der Waals surface area (Å²) in [7, 11) is 0. The number of nitrogen functional groups attached to an aromatic ring is 1. The Balaban J connectivity index is 1.99. The van der Waals surface area contributed by atoms with E-state index in [1.54, 1.807) is 0 Å². The third-order valence-corrected chi connectivity index (χ3v) is 4.29. The highest BCUT2D eigenvalue weighted by Crippen LogP contribution is 2.35. The molecule has 1 unspecified atom stereocenters. The first-order chi connectivity index (χ1) is 9.15. The number of aryl methyl sites for hydroxylation is 1. The number of hydrogen-bond acceptors (Lipinski definition) is 2. The molecule has 3 rings (SSSR count). The first-order valence-electron chi connectivity index (χ1n) is 7.07. The molecule has 1 heterocycles. The van der Waals surface area contributed by atoms with Crippen molar-refractivity contribution in [2.24, 2.45) is 11.8 Å². The highest BCUT2D eigenvalue weighted by Gasteiger charge is 2.25. The number of anilines is 1. The molecular formula is C16H21N3. The van der Waals surface area contributed by atoms with Gasteiger partial charge in [0.25, 0.3) is 0 Å². The molecule has 0 radical (unpaired) electrons. The van der Waals surface area contributed by atoms with E-state index < -0.39 is 0 Å². The van der Waals surface area contributed by atoms with Crippen LogP contribution in [0.15, 0.2) is 24.3 Å². The third kappa shape index (κ3) is 2.25. The molecule has 0 aliphatic heterocycles. The number of nitrogens with two attached hydrogens (primary N) is 1. The molecule has 1 atom stereocenters. The lowest BCUT2D eigenvalue weighted by Crippen LogP contribution is -2.18. The van der Waals surface area contributed by atoms with Crippen molar-refractivity contribution < 1.29 is 0 Å². The Bertz CT molecular complexity index is 583. The van der Waals surface area contributed by atoms with E-state index in [-0.39, 0.29) is 0 Å². The minimum atomic E-state index is 0.733. The van der Waals surface area contributed by atoms with Crippen LogP contribution in [0.1, 0.15) is 31.5 Å². The van der Waals surface area contributed by atoms with Gasteiger partial charge in [-0.15, -0.1) is 0 Å². The zero-order valence-electron chi connectivity index (χ0n) is 11.6. The fourth-order valence-corrected chi connectivity index (χ4v) is 3.02. The molecule has 1 aliphatic rings. The smallest absolute Gasteiger partial charge is 0.0956 e. The maximum atomic E-state index is 5.88. The highest BCUT2D eigenvalue weighted by molar-refractivity contribution is 5.68. The van der Waals surface area contributed by atoms with E-state index >= 15 is 0 Å². The molecule has 19 heavy (non-hydrogen) atoms. The molecule has 1 aromatic heterocycles. The summed E-state index contributed by atoms with van der Waals surface area (Å²) in [5, 5.41) is 7.74. The summed E-state index contributed by atoms with van der Waals surface area (Å²) in [6, 6.07) is 8.01. The van der Waals surface area contributed by atoms with Gasteiger partial charge < -0.3 is 5.73 Å². The van der Waals surface area contributed by atoms with Gasteiger partial charge in [0, 0.05) is 22.5 Å². The van der Waals surface area contributed by atoms with E-state index in [0.717, 1.165) is 41.6 Å². The van der Waals surface area contributed by atoms with Crippen LogP contribution < -0.4 is 5.73 Å².